The number of benzene rings is 2. The number of aromatic hydroxyl groups is 2. The van der Waals surface area contributed by atoms with Gasteiger partial charge in [0.25, 0.3) is 0 Å². The second-order valence-corrected chi connectivity index (χ2v) is 6.16. The average Bonchev–Trinajstić information content (AvgIpc) is 2.47. The van der Waals surface area contributed by atoms with Gasteiger partial charge in [0, 0.05) is 11.1 Å². The summed E-state index contributed by atoms with van der Waals surface area (Å²) in [5.41, 5.74) is 3.47. The second-order valence-electron chi connectivity index (χ2n) is 4.85. The fourth-order valence-corrected chi connectivity index (χ4v) is 3.25. The van der Waals surface area contributed by atoms with Crippen molar-refractivity contribution in [1.82, 2.24) is 0 Å². The van der Waals surface area contributed by atoms with Gasteiger partial charge in [-0.3, -0.25) is 9.59 Å². The molecule has 4 N–H and O–H groups in total. The standard InChI is InChI=1S/C14H9NO7S/c15-9-7-8(12(18)14(13(9)19)23(20,21)22)11(17)6-4-2-1-3-5(6)10(7)16/h1-4,18-19H,15H2,(H,20,21,22)/p-1. The van der Waals surface area contributed by atoms with E-state index in [-0.39, 0.29) is 11.1 Å². The van der Waals surface area contributed by atoms with Crippen molar-refractivity contribution in [1.29, 1.82) is 0 Å². The fraction of sp³-hybridized carbons (Fsp3) is 0. The minimum Gasteiger partial charge on any atom is -0.744 e. The summed E-state index contributed by atoms with van der Waals surface area (Å²) in [7, 11) is -5.33. The highest BCUT2D eigenvalue weighted by atomic mass is 32.2. The fourth-order valence-electron chi connectivity index (χ4n) is 2.56. The molecule has 0 heterocycles. The maximum atomic E-state index is 12.5. The van der Waals surface area contributed by atoms with Crippen LogP contribution in [-0.4, -0.2) is 34.8 Å². The molecule has 0 amide bonds. The molecule has 0 aliphatic heterocycles. The molecule has 2 aromatic rings. The van der Waals surface area contributed by atoms with Gasteiger partial charge in [0.2, 0.25) is 0 Å². The Balaban J connectivity index is 2.50. The van der Waals surface area contributed by atoms with Gasteiger partial charge in [-0.15, -0.1) is 0 Å². The van der Waals surface area contributed by atoms with Crippen LogP contribution in [0.5, 0.6) is 11.5 Å². The number of carbonyl (C=O) groups is 2. The lowest BCUT2D eigenvalue weighted by Gasteiger charge is -2.23. The molecule has 0 spiro atoms. The number of anilines is 1. The molecular weight excluding hydrogens is 326 g/mol. The molecule has 2 aromatic carbocycles. The Morgan fingerprint density at radius 3 is 1.87 bits per heavy atom. The van der Waals surface area contributed by atoms with Crippen molar-refractivity contribution >= 4 is 27.4 Å². The highest BCUT2D eigenvalue weighted by molar-refractivity contribution is 7.86. The van der Waals surface area contributed by atoms with Crippen LogP contribution < -0.4 is 5.73 Å². The van der Waals surface area contributed by atoms with E-state index < -0.39 is 54.9 Å². The summed E-state index contributed by atoms with van der Waals surface area (Å²) in [5.74, 6) is -4.18. The Morgan fingerprint density at radius 1 is 0.913 bits per heavy atom. The maximum Gasteiger partial charge on any atom is 0.198 e. The van der Waals surface area contributed by atoms with Crippen LogP contribution in [0.3, 0.4) is 0 Å². The van der Waals surface area contributed by atoms with Crippen molar-refractivity contribution in [3.05, 3.63) is 46.5 Å². The zero-order valence-electron chi connectivity index (χ0n) is 11.2. The molecule has 0 radical (unpaired) electrons. The number of rotatable bonds is 1. The van der Waals surface area contributed by atoms with Gasteiger partial charge < -0.3 is 20.5 Å². The van der Waals surface area contributed by atoms with Crippen LogP contribution in [0.15, 0.2) is 29.2 Å². The quantitative estimate of drug-likeness (QED) is 0.249. The first kappa shape index (κ1) is 15.0. The monoisotopic (exact) mass is 334 g/mol. The van der Waals surface area contributed by atoms with E-state index in [0.29, 0.717) is 0 Å². The van der Waals surface area contributed by atoms with Gasteiger partial charge in [0.1, 0.15) is 20.8 Å². The van der Waals surface area contributed by atoms with E-state index in [9.17, 15) is 32.8 Å². The molecule has 0 fully saturated rings. The van der Waals surface area contributed by atoms with Crippen LogP contribution in [0.2, 0.25) is 0 Å². The Morgan fingerprint density at radius 2 is 1.39 bits per heavy atom. The number of nitrogens with two attached hydrogens (primary N) is 1. The molecule has 0 bridgehead atoms. The van der Waals surface area contributed by atoms with Crippen LogP contribution in [-0.2, 0) is 10.1 Å². The van der Waals surface area contributed by atoms with Crippen molar-refractivity contribution < 1.29 is 32.8 Å². The molecule has 3 rings (SSSR count). The third kappa shape index (κ3) is 1.91. The number of ketones is 2. The Bertz CT molecular complexity index is 1010. The predicted molar refractivity (Wildman–Crippen MR) is 75.5 cm³/mol. The first-order valence-electron chi connectivity index (χ1n) is 6.18. The number of phenols is 2. The molecule has 0 aromatic heterocycles. The lowest BCUT2D eigenvalue weighted by atomic mass is 9.82. The van der Waals surface area contributed by atoms with Crippen LogP contribution in [0.1, 0.15) is 31.8 Å². The van der Waals surface area contributed by atoms with E-state index in [1.807, 2.05) is 0 Å². The van der Waals surface area contributed by atoms with Crippen LogP contribution in [0.4, 0.5) is 5.69 Å². The third-order valence-corrected chi connectivity index (χ3v) is 4.45. The smallest absolute Gasteiger partial charge is 0.198 e. The summed E-state index contributed by atoms with van der Waals surface area (Å²) in [6, 6.07) is 5.64. The Labute approximate surface area is 129 Å². The number of fused-ring (bicyclic) bond motifs is 2. The van der Waals surface area contributed by atoms with E-state index >= 15 is 0 Å². The van der Waals surface area contributed by atoms with E-state index in [1.54, 1.807) is 0 Å². The van der Waals surface area contributed by atoms with Crippen LogP contribution in [0, 0.1) is 0 Å². The molecule has 23 heavy (non-hydrogen) atoms. The maximum absolute atomic E-state index is 12.5. The molecular formula is C14H8NO7S-. The second kappa shape index (κ2) is 4.54. The topological polar surface area (TPSA) is 158 Å². The van der Waals surface area contributed by atoms with Crippen molar-refractivity contribution in [2.24, 2.45) is 0 Å². The predicted octanol–water partition coefficient (Wildman–Crippen LogP) is 0.360. The minimum atomic E-state index is -5.33. The zero-order valence-corrected chi connectivity index (χ0v) is 12.0. The van der Waals surface area contributed by atoms with Crippen LogP contribution in [0.25, 0.3) is 0 Å². The molecule has 0 atom stereocenters. The highest BCUT2D eigenvalue weighted by Crippen LogP contribution is 2.46. The van der Waals surface area contributed by atoms with Crippen molar-refractivity contribution in [2.75, 3.05) is 5.73 Å². The minimum absolute atomic E-state index is 0.00627. The summed E-state index contributed by atoms with van der Waals surface area (Å²) >= 11 is 0. The molecule has 1 aliphatic carbocycles. The third-order valence-electron chi connectivity index (χ3n) is 3.56. The van der Waals surface area contributed by atoms with E-state index in [4.69, 9.17) is 5.73 Å². The van der Waals surface area contributed by atoms with Gasteiger partial charge in [0.15, 0.2) is 17.3 Å². The van der Waals surface area contributed by atoms with Gasteiger partial charge in [-0.1, -0.05) is 24.3 Å². The molecule has 0 saturated heterocycles. The SMILES string of the molecule is Nc1c(O)c(S(=O)(=O)[O-])c(O)c2c1C(=O)c1ccccc1C2=O. The number of hydrogen-bond acceptors (Lipinski definition) is 8. The Kier molecular flexibility index (Phi) is 2.96. The zero-order chi connectivity index (χ0) is 17.1. The molecule has 0 saturated carbocycles. The molecule has 1 aliphatic rings. The summed E-state index contributed by atoms with van der Waals surface area (Å²) in [6.07, 6.45) is 0. The van der Waals surface area contributed by atoms with Crippen LogP contribution >= 0.6 is 0 Å². The molecule has 118 valence electrons. The number of carbonyl (C=O) groups excluding carboxylic acids is 2. The van der Waals surface area contributed by atoms with E-state index in [2.05, 4.69) is 0 Å². The number of phenolic OH excluding ortho intramolecular Hbond substituents is 2. The summed E-state index contributed by atoms with van der Waals surface area (Å²) in [6.45, 7) is 0. The van der Waals surface area contributed by atoms with E-state index in [1.165, 1.54) is 24.3 Å². The average molecular weight is 334 g/mol. The van der Waals surface area contributed by atoms with Gasteiger partial charge in [-0.25, -0.2) is 8.42 Å². The van der Waals surface area contributed by atoms with Gasteiger partial charge in [-0.2, -0.15) is 0 Å². The van der Waals surface area contributed by atoms with Crippen molar-refractivity contribution in [2.45, 2.75) is 4.90 Å². The first-order chi connectivity index (χ1) is 10.7. The highest BCUT2D eigenvalue weighted by Gasteiger charge is 2.38. The van der Waals surface area contributed by atoms with Gasteiger partial charge in [0.05, 0.1) is 16.8 Å². The summed E-state index contributed by atoms with van der Waals surface area (Å²) in [5, 5.41) is 19.8. The first-order valence-corrected chi connectivity index (χ1v) is 7.58. The van der Waals surface area contributed by atoms with Gasteiger partial charge in [-0.05, 0) is 0 Å². The molecule has 0 unspecified atom stereocenters. The largest absolute Gasteiger partial charge is 0.744 e. The number of nitrogen functional groups attached to an aromatic ring is 1. The van der Waals surface area contributed by atoms with Crippen molar-refractivity contribution in [3.63, 3.8) is 0 Å². The lowest BCUT2D eigenvalue weighted by Crippen LogP contribution is -2.23. The summed E-state index contributed by atoms with van der Waals surface area (Å²) < 4.78 is 33.7. The number of hydrogen-bond donors (Lipinski definition) is 3. The summed E-state index contributed by atoms with van der Waals surface area (Å²) in [4.78, 5) is 23.5. The van der Waals surface area contributed by atoms with Gasteiger partial charge >= 0.3 is 0 Å². The lowest BCUT2D eigenvalue weighted by molar-refractivity contribution is 0.0976. The normalized spacial score (nSPS) is 13.6. The van der Waals surface area contributed by atoms with Crippen molar-refractivity contribution in [3.8, 4) is 11.5 Å². The Hall–Kier alpha value is -2.91. The molecule has 8 nitrogen and oxygen atoms in total. The van der Waals surface area contributed by atoms with E-state index in [0.717, 1.165) is 0 Å². The molecule has 9 heteroatoms.